The molecule has 2 aromatic rings. The van der Waals surface area contributed by atoms with E-state index in [4.69, 9.17) is 0 Å². The topological polar surface area (TPSA) is 88.2 Å². The molecule has 1 saturated heterocycles. The molecule has 3 rings (SSSR count). The number of anilines is 1. The van der Waals surface area contributed by atoms with E-state index in [1.807, 2.05) is 19.1 Å². The number of nitrogens with one attached hydrogen (secondary N) is 2. The highest BCUT2D eigenvalue weighted by Gasteiger charge is 2.48. The Kier molecular flexibility index (Phi) is 7.42. The van der Waals surface area contributed by atoms with Crippen molar-refractivity contribution in [2.24, 2.45) is 0 Å². The molecule has 9 heteroatoms. The highest BCUT2D eigenvalue weighted by atomic mass is 35.5. The van der Waals surface area contributed by atoms with Gasteiger partial charge in [-0.3, -0.25) is 9.78 Å². The summed E-state index contributed by atoms with van der Waals surface area (Å²) in [6.07, 6.45) is 3.40. The molecular weight excluding hydrogens is 397 g/mol. The summed E-state index contributed by atoms with van der Waals surface area (Å²) in [5, 5.41) is 6.77. The van der Waals surface area contributed by atoms with Gasteiger partial charge in [0.05, 0.1) is 11.2 Å². The number of aromatic nitrogens is 1. The van der Waals surface area contributed by atoms with Crippen molar-refractivity contribution in [1.29, 1.82) is 0 Å². The second kappa shape index (κ2) is 8.52. The van der Waals surface area contributed by atoms with Crippen molar-refractivity contribution in [3.8, 4) is 0 Å². The monoisotopic (exact) mass is 419 g/mol. The fourth-order valence-corrected chi connectivity index (χ4v) is 4.59. The molecule has 0 atom stereocenters. The highest BCUT2D eigenvalue weighted by Crippen LogP contribution is 2.31. The number of halogens is 2. The second-order valence-electron chi connectivity index (χ2n) is 6.30. The maximum Gasteiger partial charge on any atom is 0.245 e. The van der Waals surface area contributed by atoms with Crippen LogP contribution in [0.5, 0.6) is 0 Å². The molecule has 0 saturated carbocycles. The first-order valence-electron chi connectivity index (χ1n) is 7.91. The Morgan fingerprint density at radius 1 is 1.19 bits per heavy atom. The van der Waals surface area contributed by atoms with Gasteiger partial charge in [-0.2, -0.15) is 0 Å². The lowest BCUT2D eigenvalue weighted by Crippen LogP contribution is -2.55. The maximum atomic E-state index is 12.9. The Morgan fingerprint density at radius 2 is 1.85 bits per heavy atom. The summed E-state index contributed by atoms with van der Waals surface area (Å²) < 4.78 is 23.3. The third kappa shape index (κ3) is 3.96. The Balaban J connectivity index is 0.00000169. The largest absolute Gasteiger partial charge is 0.324 e. The molecule has 6 nitrogen and oxygen atoms in total. The SMILES string of the molecule is Cc1ccc(NC(=O)C2(S(C)(=O)=O)CCNCC2)c2cccnc12.Cl.Cl. The molecule has 0 spiro atoms. The molecule has 2 N–H and O–H groups in total. The molecule has 144 valence electrons. The van der Waals surface area contributed by atoms with Crippen molar-refractivity contribution in [3.05, 3.63) is 36.0 Å². The lowest BCUT2D eigenvalue weighted by atomic mass is 9.95. The van der Waals surface area contributed by atoms with Gasteiger partial charge in [-0.25, -0.2) is 8.42 Å². The van der Waals surface area contributed by atoms with Gasteiger partial charge < -0.3 is 10.6 Å². The molecule has 1 aromatic carbocycles. The zero-order chi connectivity index (χ0) is 17.4. The minimum atomic E-state index is -3.54. The van der Waals surface area contributed by atoms with Crippen LogP contribution in [0.15, 0.2) is 30.5 Å². The Morgan fingerprint density at radius 3 is 2.46 bits per heavy atom. The van der Waals surface area contributed by atoms with E-state index in [1.54, 1.807) is 18.3 Å². The first-order valence-corrected chi connectivity index (χ1v) is 9.80. The van der Waals surface area contributed by atoms with Crippen LogP contribution in [0.25, 0.3) is 10.9 Å². The number of hydrogen-bond acceptors (Lipinski definition) is 5. The smallest absolute Gasteiger partial charge is 0.245 e. The number of carbonyl (C=O) groups is 1. The summed E-state index contributed by atoms with van der Waals surface area (Å²) in [5.74, 6) is -0.458. The average molecular weight is 420 g/mol. The number of carbonyl (C=O) groups excluding carboxylic acids is 1. The van der Waals surface area contributed by atoms with Crippen LogP contribution in [0.3, 0.4) is 0 Å². The molecule has 1 aliphatic heterocycles. The number of sulfone groups is 1. The van der Waals surface area contributed by atoms with Crippen molar-refractivity contribution in [2.75, 3.05) is 24.7 Å². The lowest BCUT2D eigenvalue weighted by molar-refractivity contribution is -0.119. The molecular formula is C17H23Cl2N3O3S. The molecule has 1 aromatic heterocycles. The first-order chi connectivity index (χ1) is 11.3. The quantitative estimate of drug-likeness (QED) is 0.797. The summed E-state index contributed by atoms with van der Waals surface area (Å²) in [6.45, 7) is 2.97. The van der Waals surface area contributed by atoms with Crippen LogP contribution in [-0.4, -0.2) is 43.4 Å². The summed E-state index contributed by atoms with van der Waals surface area (Å²) in [7, 11) is -3.54. The first kappa shape index (κ1) is 22.6. The van der Waals surface area contributed by atoms with E-state index in [0.29, 0.717) is 18.8 Å². The molecule has 1 aliphatic rings. The number of rotatable bonds is 3. The summed E-state index contributed by atoms with van der Waals surface area (Å²) in [6, 6.07) is 7.35. The molecule has 26 heavy (non-hydrogen) atoms. The third-order valence-corrected chi connectivity index (χ3v) is 6.77. The second-order valence-corrected chi connectivity index (χ2v) is 8.63. The van der Waals surface area contributed by atoms with Crippen LogP contribution in [-0.2, 0) is 14.6 Å². The van der Waals surface area contributed by atoms with Crippen molar-refractivity contribution in [3.63, 3.8) is 0 Å². The highest BCUT2D eigenvalue weighted by molar-refractivity contribution is 7.92. The number of nitrogens with zero attached hydrogens (tertiary/aromatic N) is 1. The molecule has 0 bridgehead atoms. The summed E-state index contributed by atoms with van der Waals surface area (Å²) >= 11 is 0. The number of aryl methyl sites for hydroxylation is 1. The van der Waals surface area contributed by atoms with E-state index in [9.17, 15) is 13.2 Å². The summed E-state index contributed by atoms with van der Waals surface area (Å²) in [5.41, 5.74) is 2.40. The maximum absolute atomic E-state index is 12.9. The van der Waals surface area contributed by atoms with Crippen molar-refractivity contribution >= 4 is 57.1 Å². The van der Waals surface area contributed by atoms with Crippen molar-refractivity contribution < 1.29 is 13.2 Å². The van der Waals surface area contributed by atoms with Gasteiger partial charge in [0, 0.05) is 17.8 Å². The fourth-order valence-electron chi connectivity index (χ4n) is 3.26. The number of amides is 1. The normalized spacial score (nSPS) is 16.2. The lowest BCUT2D eigenvalue weighted by Gasteiger charge is -2.34. The van der Waals surface area contributed by atoms with Gasteiger partial charge in [-0.15, -0.1) is 24.8 Å². The fraction of sp³-hybridized carbons (Fsp3) is 0.412. The number of hydrogen-bond donors (Lipinski definition) is 2. The number of piperidine rings is 1. The predicted molar refractivity (Wildman–Crippen MR) is 109 cm³/mol. The Bertz CT molecular complexity index is 897. The average Bonchev–Trinajstić information content (AvgIpc) is 2.57. The van der Waals surface area contributed by atoms with Crippen LogP contribution in [0.2, 0.25) is 0 Å². The molecule has 0 radical (unpaired) electrons. The Labute approximate surface area is 165 Å². The van der Waals surface area contributed by atoms with Gasteiger partial charge in [0.2, 0.25) is 5.91 Å². The minimum absolute atomic E-state index is 0. The Hall–Kier alpha value is -1.41. The number of fused-ring (bicyclic) bond motifs is 1. The van der Waals surface area contributed by atoms with Crippen LogP contribution >= 0.6 is 24.8 Å². The van der Waals surface area contributed by atoms with Crippen molar-refractivity contribution in [2.45, 2.75) is 24.5 Å². The molecule has 0 aliphatic carbocycles. The predicted octanol–water partition coefficient (Wildman–Crippen LogP) is 2.49. The van der Waals surface area contributed by atoms with Gasteiger partial charge in [0.15, 0.2) is 14.6 Å². The van der Waals surface area contributed by atoms with Gasteiger partial charge in [-0.1, -0.05) is 6.07 Å². The number of pyridine rings is 1. The van der Waals surface area contributed by atoms with Gasteiger partial charge >= 0.3 is 0 Å². The molecule has 2 heterocycles. The summed E-state index contributed by atoms with van der Waals surface area (Å²) in [4.78, 5) is 17.3. The standard InChI is InChI=1S/C17H21N3O3S.2ClH/c1-12-5-6-14(13-4-3-9-19-15(12)13)20-16(21)17(24(2,22)23)7-10-18-11-8-17;;/h3-6,9,18H,7-8,10-11H2,1-2H3,(H,20,21);2*1H. The number of benzene rings is 1. The van der Waals surface area contributed by atoms with Gasteiger partial charge in [-0.05, 0) is 56.6 Å². The van der Waals surface area contributed by atoms with E-state index in [2.05, 4.69) is 15.6 Å². The molecule has 1 fully saturated rings. The van der Waals surface area contributed by atoms with Crippen LogP contribution in [0.1, 0.15) is 18.4 Å². The molecule has 1 amide bonds. The van der Waals surface area contributed by atoms with E-state index in [-0.39, 0.29) is 37.7 Å². The van der Waals surface area contributed by atoms with E-state index < -0.39 is 20.5 Å². The third-order valence-electron chi connectivity index (χ3n) is 4.75. The van der Waals surface area contributed by atoms with E-state index >= 15 is 0 Å². The van der Waals surface area contributed by atoms with Gasteiger partial charge in [0.1, 0.15) is 0 Å². The molecule has 0 unspecified atom stereocenters. The zero-order valence-corrected chi connectivity index (χ0v) is 17.1. The zero-order valence-electron chi connectivity index (χ0n) is 14.6. The minimum Gasteiger partial charge on any atom is -0.324 e. The van der Waals surface area contributed by atoms with Crippen LogP contribution in [0, 0.1) is 6.92 Å². The van der Waals surface area contributed by atoms with E-state index in [1.165, 1.54) is 0 Å². The van der Waals surface area contributed by atoms with Gasteiger partial charge in [0.25, 0.3) is 0 Å². The van der Waals surface area contributed by atoms with Crippen molar-refractivity contribution in [1.82, 2.24) is 10.3 Å². The van der Waals surface area contributed by atoms with Crippen LogP contribution < -0.4 is 10.6 Å². The van der Waals surface area contributed by atoms with E-state index in [0.717, 1.165) is 22.7 Å². The van der Waals surface area contributed by atoms with Crippen LogP contribution in [0.4, 0.5) is 5.69 Å².